The van der Waals surface area contributed by atoms with E-state index in [0.29, 0.717) is 4.31 Å². The van der Waals surface area contributed by atoms with E-state index in [9.17, 15) is 26.8 Å². The number of nitrogens with one attached hydrogen (secondary N) is 1. The van der Waals surface area contributed by atoms with Crippen molar-refractivity contribution in [1.82, 2.24) is 10.2 Å². The van der Waals surface area contributed by atoms with Crippen molar-refractivity contribution in [3.63, 3.8) is 0 Å². The first-order valence-corrected chi connectivity index (χ1v) is 13.1. The van der Waals surface area contributed by atoms with Gasteiger partial charge in [0.05, 0.1) is 10.6 Å². The molecule has 3 aromatic carbocycles. The summed E-state index contributed by atoms with van der Waals surface area (Å²) in [5.74, 6) is -2.74. The van der Waals surface area contributed by atoms with Crippen molar-refractivity contribution in [3.8, 4) is 0 Å². The molecule has 0 aromatic heterocycles. The zero-order valence-corrected chi connectivity index (χ0v) is 21.6. The topological polar surface area (TPSA) is 86.8 Å². The first kappa shape index (κ1) is 27.8. The van der Waals surface area contributed by atoms with Crippen LogP contribution in [0.1, 0.15) is 26.3 Å². The Morgan fingerprint density at radius 2 is 1.41 bits per heavy atom. The first-order valence-electron chi connectivity index (χ1n) is 11.7. The number of amides is 2. The Morgan fingerprint density at radius 3 is 2.00 bits per heavy atom. The molecule has 3 aromatic rings. The van der Waals surface area contributed by atoms with Crippen LogP contribution in [-0.2, 0) is 26.2 Å². The fourth-order valence-electron chi connectivity index (χ4n) is 3.68. The molecule has 196 valence electrons. The number of rotatable bonds is 10. The number of nitrogens with zero attached hydrogens (tertiary/aromatic N) is 2. The Balaban J connectivity index is 2.04. The number of benzene rings is 3. The number of halogens is 2. The molecular weight excluding hydrogens is 500 g/mol. The van der Waals surface area contributed by atoms with E-state index in [2.05, 4.69) is 5.32 Å². The molecule has 0 saturated heterocycles. The van der Waals surface area contributed by atoms with E-state index < -0.39 is 46.1 Å². The van der Waals surface area contributed by atoms with Crippen LogP contribution in [0.3, 0.4) is 0 Å². The summed E-state index contributed by atoms with van der Waals surface area (Å²) in [7, 11) is -4.38. The Labute approximate surface area is 215 Å². The molecule has 37 heavy (non-hydrogen) atoms. The molecule has 3 rings (SSSR count). The van der Waals surface area contributed by atoms with Gasteiger partial charge in [0.1, 0.15) is 24.2 Å². The van der Waals surface area contributed by atoms with Gasteiger partial charge in [-0.2, -0.15) is 0 Å². The van der Waals surface area contributed by atoms with Gasteiger partial charge in [0.25, 0.3) is 10.0 Å². The normalized spacial score (nSPS) is 12.2. The van der Waals surface area contributed by atoms with E-state index >= 15 is 0 Å². The number of para-hydroxylation sites is 1. The van der Waals surface area contributed by atoms with E-state index in [1.165, 1.54) is 67.6 Å². The van der Waals surface area contributed by atoms with Crippen LogP contribution in [0.15, 0.2) is 83.8 Å². The van der Waals surface area contributed by atoms with Crippen molar-refractivity contribution < 1.29 is 26.8 Å². The van der Waals surface area contributed by atoms with E-state index in [1.54, 1.807) is 26.0 Å². The summed E-state index contributed by atoms with van der Waals surface area (Å²) in [6.45, 7) is 3.86. The quantitative estimate of drug-likeness (QED) is 0.429. The van der Waals surface area contributed by atoms with Gasteiger partial charge in [-0.3, -0.25) is 13.9 Å². The molecule has 0 fully saturated rings. The Hall–Kier alpha value is -3.79. The zero-order chi connectivity index (χ0) is 27.2. The summed E-state index contributed by atoms with van der Waals surface area (Å²) in [6, 6.07) is 17.0. The highest BCUT2D eigenvalue weighted by molar-refractivity contribution is 7.92. The molecule has 0 heterocycles. The molecule has 10 heteroatoms. The van der Waals surface area contributed by atoms with Crippen LogP contribution in [0.5, 0.6) is 0 Å². The van der Waals surface area contributed by atoms with Crippen molar-refractivity contribution in [2.75, 3.05) is 10.8 Å². The molecule has 1 atom stereocenters. The third kappa shape index (κ3) is 6.71. The van der Waals surface area contributed by atoms with Gasteiger partial charge in [0.15, 0.2) is 0 Å². The van der Waals surface area contributed by atoms with Crippen molar-refractivity contribution >= 4 is 27.5 Å². The lowest BCUT2D eigenvalue weighted by Gasteiger charge is -2.32. The second kappa shape index (κ2) is 12.0. The van der Waals surface area contributed by atoms with Gasteiger partial charge in [0.2, 0.25) is 11.8 Å². The average molecular weight is 530 g/mol. The maximum absolute atomic E-state index is 14.8. The second-order valence-corrected chi connectivity index (χ2v) is 10.6. The first-order chi connectivity index (χ1) is 17.5. The Bertz CT molecular complexity index is 1350. The Morgan fingerprint density at radius 1 is 0.838 bits per heavy atom. The fraction of sp³-hybridized carbons (Fsp3) is 0.259. The summed E-state index contributed by atoms with van der Waals surface area (Å²) in [5.41, 5.74) is -0.187. The highest BCUT2D eigenvalue weighted by Gasteiger charge is 2.33. The maximum atomic E-state index is 14.8. The zero-order valence-electron chi connectivity index (χ0n) is 20.8. The molecular formula is C27H29F2N3O4S. The van der Waals surface area contributed by atoms with Crippen LogP contribution in [0.4, 0.5) is 14.5 Å². The van der Waals surface area contributed by atoms with E-state index in [0.717, 1.165) is 11.0 Å². The second-order valence-electron chi connectivity index (χ2n) is 8.73. The third-order valence-electron chi connectivity index (χ3n) is 5.63. The predicted molar refractivity (Wildman–Crippen MR) is 137 cm³/mol. The van der Waals surface area contributed by atoms with Gasteiger partial charge in [0, 0.05) is 18.2 Å². The molecule has 0 spiro atoms. The minimum atomic E-state index is -4.38. The number of hydrogen-bond acceptors (Lipinski definition) is 4. The Kier molecular flexibility index (Phi) is 8.99. The predicted octanol–water partition coefficient (Wildman–Crippen LogP) is 4.10. The number of sulfonamides is 1. The summed E-state index contributed by atoms with van der Waals surface area (Å²) < 4.78 is 57.1. The summed E-state index contributed by atoms with van der Waals surface area (Å²) >= 11 is 0. The average Bonchev–Trinajstić information content (AvgIpc) is 2.87. The van der Waals surface area contributed by atoms with Gasteiger partial charge in [-0.25, -0.2) is 17.2 Å². The highest BCUT2D eigenvalue weighted by atomic mass is 32.2. The number of carbonyl (C=O) groups excluding carboxylic acids is 2. The van der Waals surface area contributed by atoms with Gasteiger partial charge >= 0.3 is 0 Å². The van der Waals surface area contributed by atoms with Crippen molar-refractivity contribution in [1.29, 1.82) is 0 Å². The van der Waals surface area contributed by atoms with Crippen LogP contribution in [0.25, 0.3) is 0 Å². The van der Waals surface area contributed by atoms with Gasteiger partial charge in [-0.15, -0.1) is 0 Å². The minimum absolute atomic E-state index is 0.141. The molecule has 2 amide bonds. The van der Waals surface area contributed by atoms with Crippen molar-refractivity contribution in [2.45, 2.75) is 44.3 Å². The van der Waals surface area contributed by atoms with Crippen LogP contribution in [0.2, 0.25) is 0 Å². The number of carbonyl (C=O) groups is 2. The molecule has 0 saturated carbocycles. The summed E-state index contributed by atoms with van der Waals surface area (Å²) in [4.78, 5) is 27.4. The largest absolute Gasteiger partial charge is 0.352 e. The van der Waals surface area contributed by atoms with E-state index in [-0.39, 0.29) is 28.7 Å². The molecule has 0 radical (unpaired) electrons. The van der Waals surface area contributed by atoms with Gasteiger partial charge in [-0.1, -0.05) is 48.5 Å². The van der Waals surface area contributed by atoms with Crippen LogP contribution < -0.4 is 9.62 Å². The number of hydrogen-bond donors (Lipinski definition) is 1. The molecule has 0 aliphatic carbocycles. The van der Waals surface area contributed by atoms with Crippen LogP contribution in [0, 0.1) is 11.6 Å². The lowest BCUT2D eigenvalue weighted by atomic mass is 10.1. The minimum Gasteiger partial charge on any atom is -0.352 e. The molecule has 0 aliphatic rings. The number of anilines is 1. The van der Waals surface area contributed by atoms with E-state index in [1.807, 2.05) is 0 Å². The summed E-state index contributed by atoms with van der Waals surface area (Å²) in [6.07, 6.45) is 0. The lowest BCUT2D eigenvalue weighted by Crippen LogP contribution is -2.52. The summed E-state index contributed by atoms with van der Waals surface area (Å²) in [5, 5.41) is 2.71. The van der Waals surface area contributed by atoms with E-state index in [4.69, 9.17) is 0 Å². The van der Waals surface area contributed by atoms with Gasteiger partial charge in [-0.05, 0) is 51.1 Å². The van der Waals surface area contributed by atoms with Crippen molar-refractivity contribution in [2.24, 2.45) is 0 Å². The molecule has 1 N–H and O–H groups in total. The molecule has 7 nitrogen and oxygen atoms in total. The standard InChI is InChI=1S/C27H29F2N3O4S/c1-19(2)30-27(34)20(3)31(17-21-11-7-8-14-23(21)28)26(33)18-32(25-16-10-9-15-24(25)29)37(35,36)22-12-5-4-6-13-22/h4-16,19-20H,17-18H2,1-3H3,(H,30,34). The third-order valence-corrected chi connectivity index (χ3v) is 7.40. The molecule has 0 aliphatic heterocycles. The lowest BCUT2D eigenvalue weighted by molar-refractivity contribution is -0.139. The fourth-order valence-corrected chi connectivity index (χ4v) is 5.13. The van der Waals surface area contributed by atoms with Crippen LogP contribution >= 0.6 is 0 Å². The van der Waals surface area contributed by atoms with Crippen LogP contribution in [-0.4, -0.2) is 43.8 Å². The SMILES string of the molecule is CC(C)NC(=O)C(C)N(Cc1ccccc1F)C(=O)CN(c1ccccc1F)S(=O)(=O)c1ccccc1. The molecule has 0 bridgehead atoms. The van der Waals surface area contributed by atoms with Gasteiger partial charge < -0.3 is 10.2 Å². The maximum Gasteiger partial charge on any atom is 0.264 e. The highest BCUT2D eigenvalue weighted by Crippen LogP contribution is 2.27. The molecule has 1 unspecified atom stereocenters. The smallest absolute Gasteiger partial charge is 0.264 e. The monoisotopic (exact) mass is 529 g/mol. The van der Waals surface area contributed by atoms with Crippen molar-refractivity contribution in [3.05, 3.63) is 96.1 Å².